The van der Waals surface area contributed by atoms with Gasteiger partial charge in [0.15, 0.2) is 0 Å². The van der Waals surface area contributed by atoms with Crippen LogP contribution in [0.3, 0.4) is 0 Å². The molecular formula is C22H17FN2O2S2. The molecule has 0 saturated heterocycles. The fourth-order valence-electron chi connectivity index (χ4n) is 2.95. The molecule has 2 heterocycles. The average Bonchev–Trinajstić information content (AvgIpc) is 3.25. The molecule has 0 bridgehead atoms. The van der Waals surface area contributed by atoms with Crippen LogP contribution in [0.15, 0.2) is 69.8 Å². The van der Waals surface area contributed by atoms with Crippen molar-refractivity contribution in [1.29, 1.82) is 0 Å². The molecule has 0 atom stereocenters. The molecule has 0 radical (unpaired) electrons. The van der Waals surface area contributed by atoms with Gasteiger partial charge in [-0.25, -0.2) is 4.39 Å². The molecule has 0 spiro atoms. The zero-order chi connectivity index (χ0) is 20.4. The number of thioether (sulfide) groups is 1. The first kappa shape index (κ1) is 19.4. The van der Waals surface area contributed by atoms with Crippen LogP contribution in [-0.4, -0.2) is 18.9 Å². The maximum absolute atomic E-state index is 14.0. The van der Waals surface area contributed by atoms with Crippen molar-refractivity contribution in [3.05, 3.63) is 86.7 Å². The number of nitrogens with one attached hydrogen (secondary N) is 1. The molecule has 1 aromatic heterocycles. The largest absolute Gasteiger partial charge is 0.347 e. The van der Waals surface area contributed by atoms with Crippen molar-refractivity contribution in [2.45, 2.75) is 11.4 Å². The first-order valence-electron chi connectivity index (χ1n) is 8.89. The first-order chi connectivity index (χ1) is 14.0. The lowest BCUT2D eigenvalue weighted by Crippen LogP contribution is -2.31. The molecule has 0 unspecified atom stereocenters. The van der Waals surface area contributed by atoms with E-state index in [-0.39, 0.29) is 17.6 Å². The van der Waals surface area contributed by atoms with Gasteiger partial charge in [0.25, 0.3) is 11.8 Å². The van der Waals surface area contributed by atoms with Crippen molar-refractivity contribution in [2.24, 2.45) is 0 Å². The molecule has 0 aliphatic carbocycles. The topological polar surface area (TPSA) is 49.4 Å². The van der Waals surface area contributed by atoms with Crippen LogP contribution in [0.2, 0.25) is 0 Å². The van der Waals surface area contributed by atoms with E-state index in [0.29, 0.717) is 28.3 Å². The quantitative estimate of drug-likeness (QED) is 0.605. The fraction of sp³-hybridized carbons (Fsp3) is 0.0909. The van der Waals surface area contributed by atoms with Crippen molar-refractivity contribution in [3.63, 3.8) is 0 Å². The van der Waals surface area contributed by atoms with E-state index in [2.05, 4.69) is 5.32 Å². The second-order valence-electron chi connectivity index (χ2n) is 6.44. The van der Waals surface area contributed by atoms with E-state index in [4.69, 9.17) is 0 Å². The highest BCUT2D eigenvalue weighted by molar-refractivity contribution is 8.04. The Bertz CT molecular complexity index is 1110. The number of rotatable bonds is 4. The number of hydrogen-bond donors (Lipinski definition) is 1. The number of nitrogens with zero attached hydrogens (tertiary/aromatic N) is 1. The SMILES string of the molecule is CN1C(=O)C(=Cc2ccccc2F)Sc2ccc(C(=O)NCc3cccs3)cc21. The standard InChI is InChI=1S/C22H17FN2O2S2/c1-25-18-11-15(21(26)24-13-16-6-4-10-28-16)8-9-19(18)29-20(22(25)27)12-14-5-2-3-7-17(14)23/h2-12H,13H2,1H3,(H,24,26). The van der Waals surface area contributed by atoms with Gasteiger partial charge < -0.3 is 10.2 Å². The van der Waals surface area contributed by atoms with Crippen molar-refractivity contribution in [1.82, 2.24) is 5.32 Å². The number of carbonyl (C=O) groups is 2. The van der Waals surface area contributed by atoms with E-state index in [1.807, 2.05) is 23.6 Å². The number of hydrogen-bond acceptors (Lipinski definition) is 4. The Morgan fingerprint density at radius 2 is 2.00 bits per heavy atom. The monoisotopic (exact) mass is 424 g/mol. The molecular weight excluding hydrogens is 407 g/mol. The van der Waals surface area contributed by atoms with Crippen LogP contribution in [0.5, 0.6) is 0 Å². The Morgan fingerprint density at radius 1 is 1.17 bits per heavy atom. The van der Waals surface area contributed by atoms with Gasteiger partial charge in [0.2, 0.25) is 0 Å². The van der Waals surface area contributed by atoms with Crippen LogP contribution in [-0.2, 0) is 11.3 Å². The number of fused-ring (bicyclic) bond motifs is 1. The van der Waals surface area contributed by atoms with Crippen LogP contribution < -0.4 is 10.2 Å². The predicted molar refractivity (Wildman–Crippen MR) is 116 cm³/mol. The number of amides is 2. The molecule has 3 aromatic rings. The van der Waals surface area contributed by atoms with Gasteiger partial charge in [-0.2, -0.15) is 0 Å². The minimum Gasteiger partial charge on any atom is -0.347 e. The third-order valence-corrected chi connectivity index (χ3v) is 6.47. The molecule has 0 fully saturated rings. The zero-order valence-electron chi connectivity index (χ0n) is 15.5. The number of halogens is 1. The van der Waals surface area contributed by atoms with Gasteiger partial charge in [-0.1, -0.05) is 36.0 Å². The van der Waals surface area contributed by atoms with Crippen LogP contribution in [0.1, 0.15) is 20.8 Å². The normalized spacial score (nSPS) is 14.8. The highest BCUT2D eigenvalue weighted by Crippen LogP contribution is 2.42. The summed E-state index contributed by atoms with van der Waals surface area (Å²) in [6.45, 7) is 0.465. The van der Waals surface area contributed by atoms with Gasteiger partial charge in [0, 0.05) is 27.9 Å². The third kappa shape index (κ3) is 4.11. The van der Waals surface area contributed by atoms with E-state index in [0.717, 1.165) is 9.77 Å². The van der Waals surface area contributed by atoms with Crippen molar-refractivity contribution in [3.8, 4) is 0 Å². The Morgan fingerprint density at radius 3 is 2.76 bits per heavy atom. The van der Waals surface area contributed by atoms with Gasteiger partial charge in [-0.05, 0) is 41.8 Å². The van der Waals surface area contributed by atoms with Gasteiger partial charge in [0.05, 0.1) is 17.1 Å². The van der Waals surface area contributed by atoms with Crippen molar-refractivity contribution >= 4 is 46.7 Å². The molecule has 4 rings (SSSR count). The summed E-state index contributed by atoms with van der Waals surface area (Å²) in [5, 5.41) is 4.85. The fourth-order valence-corrected chi connectivity index (χ4v) is 4.68. The van der Waals surface area contributed by atoms with Gasteiger partial charge in [0.1, 0.15) is 5.82 Å². The molecule has 2 aromatic carbocycles. The van der Waals surface area contributed by atoms with Crippen LogP contribution >= 0.6 is 23.1 Å². The molecule has 146 valence electrons. The molecule has 4 nitrogen and oxygen atoms in total. The van der Waals surface area contributed by atoms with E-state index in [1.54, 1.807) is 54.8 Å². The number of benzene rings is 2. The lowest BCUT2D eigenvalue weighted by molar-refractivity contribution is -0.114. The third-order valence-electron chi connectivity index (χ3n) is 4.51. The molecule has 29 heavy (non-hydrogen) atoms. The Kier molecular flexibility index (Phi) is 5.51. The summed E-state index contributed by atoms with van der Waals surface area (Å²) in [5.41, 5.74) is 1.52. The molecule has 1 N–H and O–H groups in total. The predicted octanol–water partition coefficient (Wildman–Crippen LogP) is 4.93. The maximum Gasteiger partial charge on any atom is 0.264 e. The van der Waals surface area contributed by atoms with E-state index in [1.165, 1.54) is 22.7 Å². The summed E-state index contributed by atoms with van der Waals surface area (Å²) < 4.78 is 14.0. The van der Waals surface area contributed by atoms with Crippen LogP contribution in [0, 0.1) is 5.82 Å². The van der Waals surface area contributed by atoms with Gasteiger partial charge >= 0.3 is 0 Å². The van der Waals surface area contributed by atoms with Crippen LogP contribution in [0.4, 0.5) is 10.1 Å². The summed E-state index contributed by atoms with van der Waals surface area (Å²) >= 11 is 2.86. The summed E-state index contributed by atoms with van der Waals surface area (Å²) in [5.74, 6) is -0.804. The smallest absolute Gasteiger partial charge is 0.264 e. The number of thiophene rings is 1. The minimum absolute atomic E-state index is 0.195. The van der Waals surface area contributed by atoms with Gasteiger partial charge in [-0.15, -0.1) is 11.3 Å². The van der Waals surface area contributed by atoms with Crippen LogP contribution in [0.25, 0.3) is 6.08 Å². The Hall–Kier alpha value is -2.90. The molecule has 0 saturated carbocycles. The lowest BCUT2D eigenvalue weighted by Gasteiger charge is -2.27. The molecule has 1 aliphatic heterocycles. The maximum atomic E-state index is 14.0. The van der Waals surface area contributed by atoms with E-state index < -0.39 is 0 Å². The molecule has 2 amide bonds. The highest BCUT2D eigenvalue weighted by atomic mass is 32.2. The van der Waals surface area contributed by atoms with Crippen molar-refractivity contribution in [2.75, 3.05) is 11.9 Å². The highest BCUT2D eigenvalue weighted by Gasteiger charge is 2.27. The van der Waals surface area contributed by atoms with E-state index in [9.17, 15) is 14.0 Å². The van der Waals surface area contributed by atoms with E-state index >= 15 is 0 Å². The number of carbonyl (C=O) groups excluding carboxylic acids is 2. The summed E-state index contributed by atoms with van der Waals surface area (Å²) in [7, 11) is 1.66. The number of anilines is 1. The van der Waals surface area contributed by atoms with Gasteiger partial charge in [-0.3, -0.25) is 9.59 Å². The average molecular weight is 425 g/mol. The lowest BCUT2D eigenvalue weighted by atomic mass is 10.1. The second kappa shape index (κ2) is 8.23. The minimum atomic E-state index is -0.375. The Balaban J connectivity index is 1.57. The number of likely N-dealkylation sites (N-methyl/N-ethyl adjacent to an activating group) is 1. The molecule has 7 heteroatoms. The summed E-state index contributed by atoms with van der Waals surface area (Å²) in [4.78, 5) is 29.1. The van der Waals surface area contributed by atoms with Crippen molar-refractivity contribution < 1.29 is 14.0 Å². The summed E-state index contributed by atoms with van der Waals surface area (Å²) in [6, 6.07) is 15.5. The second-order valence-corrected chi connectivity index (χ2v) is 8.56. The zero-order valence-corrected chi connectivity index (χ0v) is 17.1. The molecule has 1 aliphatic rings. The first-order valence-corrected chi connectivity index (χ1v) is 10.6. The Labute approximate surface area is 176 Å². The summed E-state index contributed by atoms with van der Waals surface area (Å²) in [6.07, 6.45) is 1.56.